The molecule has 0 saturated heterocycles. The number of nitrogens with one attached hydrogen (secondary N) is 1. The largest absolute Gasteiger partial charge is 0.497 e. The Labute approximate surface area is 175 Å². The average molecular weight is 426 g/mol. The van der Waals surface area contributed by atoms with Crippen molar-refractivity contribution in [3.8, 4) is 16.9 Å². The Morgan fingerprint density at radius 3 is 2.52 bits per heavy atom. The number of rotatable bonds is 4. The summed E-state index contributed by atoms with van der Waals surface area (Å²) in [5, 5.41) is 6.53. The molecule has 0 radical (unpaired) electrons. The van der Waals surface area contributed by atoms with Gasteiger partial charge in [-0.15, -0.1) is 0 Å². The summed E-state index contributed by atoms with van der Waals surface area (Å²) >= 11 is 0. The molecule has 0 atom stereocenters. The number of anilines is 1. The van der Waals surface area contributed by atoms with Crippen molar-refractivity contribution in [3.63, 3.8) is 0 Å². The van der Waals surface area contributed by atoms with Gasteiger partial charge in [0.05, 0.1) is 18.4 Å². The second-order valence-electron chi connectivity index (χ2n) is 6.77. The van der Waals surface area contributed by atoms with Crippen molar-refractivity contribution in [2.45, 2.75) is 13.1 Å². The molecule has 9 heteroatoms. The fourth-order valence-electron chi connectivity index (χ4n) is 3.37. The summed E-state index contributed by atoms with van der Waals surface area (Å²) in [5.74, 6) is -0.498. The van der Waals surface area contributed by atoms with Crippen LogP contribution in [0.1, 0.15) is 21.7 Å². The maximum absolute atomic E-state index is 14.1. The molecule has 0 aliphatic rings. The van der Waals surface area contributed by atoms with E-state index in [9.17, 15) is 18.0 Å². The SMILES string of the molecule is COc1cccc(NC(=O)c2cnc3c(-c4ccccc4)c(C)nn3c2C(F)(F)F)c1. The minimum Gasteiger partial charge on any atom is -0.497 e. The number of carbonyl (C=O) groups excluding carboxylic acids is 1. The van der Waals surface area contributed by atoms with Gasteiger partial charge in [0.2, 0.25) is 0 Å². The number of fused-ring (bicyclic) bond motifs is 1. The normalized spacial score (nSPS) is 11.5. The number of hydrogen-bond donors (Lipinski definition) is 1. The summed E-state index contributed by atoms with van der Waals surface area (Å²) in [6, 6.07) is 15.2. The van der Waals surface area contributed by atoms with E-state index in [2.05, 4.69) is 15.4 Å². The highest BCUT2D eigenvalue weighted by atomic mass is 19.4. The number of alkyl halides is 3. The monoisotopic (exact) mass is 426 g/mol. The van der Waals surface area contributed by atoms with Gasteiger partial charge in [0.1, 0.15) is 5.75 Å². The van der Waals surface area contributed by atoms with Crippen molar-refractivity contribution >= 4 is 17.2 Å². The van der Waals surface area contributed by atoms with Crippen LogP contribution in [-0.4, -0.2) is 27.6 Å². The van der Waals surface area contributed by atoms with Crippen LogP contribution in [0.3, 0.4) is 0 Å². The van der Waals surface area contributed by atoms with Crippen LogP contribution in [0.2, 0.25) is 0 Å². The Hall–Kier alpha value is -3.88. The second kappa shape index (κ2) is 7.75. The molecule has 2 heterocycles. The van der Waals surface area contributed by atoms with Gasteiger partial charge in [-0.25, -0.2) is 9.50 Å². The van der Waals surface area contributed by atoms with E-state index < -0.39 is 23.3 Å². The molecule has 1 amide bonds. The first-order chi connectivity index (χ1) is 14.8. The van der Waals surface area contributed by atoms with E-state index in [4.69, 9.17) is 4.74 Å². The number of aryl methyl sites for hydroxylation is 1. The third kappa shape index (κ3) is 3.81. The molecule has 1 N–H and O–H groups in total. The zero-order chi connectivity index (χ0) is 22.2. The lowest BCUT2D eigenvalue weighted by molar-refractivity contribution is -0.143. The van der Waals surface area contributed by atoms with Gasteiger partial charge in [-0.05, 0) is 24.6 Å². The van der Waals surface area contributed by atoms with Crippen LogP contribution in [0.25, 0.3) is 16.8 Å². The number of halogens is 3. The van der Waals surface area contributed by atoms with Crippen molar-refractivity contribution in [1.29, 1.82) is 0 Å². The van der Waals surface area contributed by atoms with Gasteiger partial charge in [0.25, 0.3) is 5.91 Å². The van der Waals surface area contributed by atoms with Crippen LogP contribution < -0.4 is 10.1 Å². The Kier molecular flexibility index (Phi) is 5.10. The highest BCUT2D eigenvalue weighted by Crippen LogP contribution is 2.35. The molecular weight excluding hydrogens is 409 g/mol. The summed E-state index contributed by atoms with van der Waals surface area (Å²) in [7, 11) is 1.45. The number of amides is 1. The van der Waals surface area contributed by atoms with E-state index in [-0.39, 0.29) is 5.65 Å². The molecule has 0 unspecified atom stereocenters. The van der Waals surface area contributed by atoms with Gasteiger partial charge in [-0.3, -0.25) is 4.79 Å². The highest BCUT2D eigenvalue weighted by Gasteiger charge is 2.40. The van der Waals surface area contributed by atoms with Gasteiger partial charge in [0, 0.05) is 23.5 Å². The van der Waals surface area contributed by atoms with Crippen LogP contribution >= 0.6 is 0 Å². The first kappa shape index (κ1) is 20.4. The molecule has 0 fully saturated rings. The molecule has 2 aromatic carbocycles. The summed E-state index contributed by atoms with van der Waals surface area (Å²) in [4.78, 5) is 16.9. The molecule has 4 aromatic rings. The molecule has 4 rings (SSSR count). The lowest BCUT2D eigenvalue weighted by Crippen LogP contribution is -2.23. The summed E-state index contributed by atoms with van der Waals surface area (Å²) in [6.07, 6.45) is -3.91. The first-order valence-corrected chi connectivity index (χ1v) is 9.26. The first-order valence-electron chi connectivity index (χ1n) is 9.26. The lowest BCUT2D eigenvalue weighted by Gasteiger charge is -2.14. The summed E-state index contributed by atoms with van der Waals surface area (Å²) in [5.41, 5.74) is 0.0193. The Bertz CT molecular complexity index is 1270. The standard InChI is InChI=1S/C22H17F3N4O2/c1-13-18(14-7-4-3-5-8-14)20-26-12-17(19(22(23,24)25)29(20)28-13)21(30)27-15-9-6-10-16(11-15)31-2/h3-12H,1-2H3,(H,27,30). The minimum absolute atomic E-state index is 0.0222. The third-order valence-corrected chi connectivity index (χ3v) is 4.72. The quantitative estimate of drug-likeness (QED) is 0.500. The van der Waals surface area contributed by atoms with E-state index in [1.165, 1.54) is 13.2 Å². The zero-order valence-corrected chi connectivity index (χ0v) is 16.6. The molecular formula is C22H17F3N4O2. The summed E-state index contributed by atoms with van der Waals surface area (Å²) < 4.78 is 47.9. The molecule has 0 aliphatic heterocycles. The minimum atomic E-state index is -4.84. The molecule has 2 aromatic heterocycles. The predicted molar refractivity (Wildman–Crippen MR) is 109 cm³/mol. The third-order valence-electron chi connectivity index (χ3n) is 4.72. The Morgan fingerprint density at radius 1 is 1.10 bits per heavy atom. The number of ether oxygens (including phenoxy) is 1. The molecule has 0 spiro atoms. The van der Waals surface area contributed by atoms with Crippen LogP contribution in [0.4, 0.5) is 18.9 Å². The number of carbonyl (C=O) groups is 1. The molecule has 0 bridgehead atoms. The predicted octanol–water partition coefficient (Wildman–Crippen LogP) is 4.98. The topological polar surface area (TPSA) is 68.5 Å². The van der Waals surface area contributed by atoms with Gasteiger partial charge in [0.15, 0.2) is 11.3 Å². The molecule has 158 valence electrons. The van der Waals surface area contributed by atoms with Crippen molar-refractivity contribution in [1.82, 2.24) is 14.6 Å². The number of hydrogen-bond acceptors (Lipinski definition) is 4. The number of nitrogens with zero attached hydrogens (tertiary/aromatic N) is 3. The fraction of sp³-hybridized carbons (Fsp3) is 0.136. The van der Waals surface area contributed by atoms with Gasteiger partial charge in [-0.1, -0.05) is 36.4 Å². The average Bonchev–Trinajstić information content (AvgIpc) is 3.08. The van der Waals surface area contributed by atoms with Crippen LogP contribution in [-0.2, 0) is 6.18 Å². The second-order valence-corrected chi connectivity index (χ2v) is 6.77. The van der Waals surface area contributed by atoms with Gasteiger partial charge in [-0.2, -0.15) is 18.3 Å². The van der Waals surface area contributed by atoms with Crippen molar-refractivity contribution < 1.29 is 22.7 Å². The molecule has 31 heavy (non-hydrogen) atoms. The van der Waals surface area contributed by atoms with E-state index in [0.29, 0.717) is 32.8 Å². The Morgan fingerprint density at radius 2 is 1.84 bits per heavy atom. The van der Waals surface area contributed by atoms with E-state index >= 15 is 0 Å². The van der Waals surface area contributed by atoms with Crippen LogP contribution in [0.15, 0.2) is 60.8 Å². The van der Waals surface area contributed by atoms with Crippen molar-refractivity contribution in [3.05, 3.63) is 77.7 Å². The van der Waals surface area contributed by atoms with Gasteiger partial charge < -0.3 is 10.1 Å². The van der Waals surface area contributed by atoms with Gasteiger partial charge >= 0.3 is 6.18 Å². The number of benzene rings is 2. The smallest absolute Gasteiger partial charge is 0.434 e. The number of aromatic nitrogens is 3. The van der Waals surface area contributed by atoms with Crippen molar-refractivity contribution in [2.75, 3.05) is 12.4 Å². The summed E-state index contributed by atoms with van der Waals surface area (Å²) in [6.45, 7) is 1.60. The highest BCUT2D eigenvalue weighted by molar-refractivity contribution is 6.05. The maximum atomic E-state index is 14.1. The fourth-order valence-corrected chi connectivity index (χ4v) is 3.37. The Balaban J connectivity index is 1.85. The van der Waals surface area contributed by atoms with Crippen LogP contribution in [0.5, 0.6) is 5.75 Å². The molecule has 0 saturated carbocycles. The van der Waals surface area contributed by atoms with E-state index in [1.54, 1.807) is 55.5 Å². The zero-order valence-electron chi connectivity index (χ0n) is 16.6. The maximum Gasteiger partial charge on any atom is 0.434 e. The van der Waals surface area contributed by atoms with Crippen LogP contribution in [0, 0.1) is 6.92 Å². The number of methoxy groups -OCH3 is 1. The lowest BCUT2D eigenvalue weighted by atomic mass is 10.1. The van der Waals surface area contributed by atoms with E-state index in [1.807, 2.05) is 0 Å². The molecule has 6 nitrogen and oxygen atoms in total. The van der Waals surface area contributed by atoms with E-state index in [0.717, 1.165) is 6.20 Å². The van der Waals surface area contributed by atoms with Crippen molar-refractivity contribution in [2.24, 2.45) is 0 Å². The molecule has 0 aliphatic carbocycles.